The van der Waals surface area contributed by atoms with Gasteiger partial charge in [0.25, 0.3) is 5.91 Å². The van der Waals surface area contributed by atoms with Crippen molar-refractivity contribution in [1.82, 2.24) is 4.98 Å². The number of aromatic nitrogens is 1. The molecule has 1 atom stereocenters. The fourth-order valence-corrected chi connectivity index (χ4v) is 3.43. The maximum absolute atomic E-state index is 11.9. The summed E-state index contributed by atoms with van der Waals surface area (Å²) in [7, 11) is 0. The van der Waals surface area contributed by atoms with E-state index in [1.807, 2.05) is 0 Å². The van der Waals surface area contributed by atoms with Gasteiger partial charge in [-0.3, -0.25) is 10.1 Å². The van der Waals surface area contributed by atoms with Crippen molar-refractivity contribution < 1.29 is 9.53 Å². The van der Waals surface area contributed by atoms with Crippen LogP contribution in [0.5, 0.6) is 0 Å². The molecule has 2 aliphatic rings. The second-order valence-electron chi connectivity index (χ2n) is 4.59. The Hall–Kier alpha value is -0.940. The lowest BCUT2D eigenvalue weighted by atomic mass is 10.0. The van der Waals surface area contributed by atoms with Crippen LogP contribution in [0, 0.1) is 0 Å². The highest BCUT2D eigenvalue weighted by Gasteiger charge is 2.25. The standard InChI is InChI=1S/C12H16N2O2S/c15-11(9-5-3-7-16-9)14-12-13-8-4-1-2-6-10(8)17-12/h9H,1-7H2,(H,13,14,15)/t9-/m0/s1. The van der Waals surface area contributed by atoms with Gasteiger partial charge >= 0.3 is 0 Å². The molecule has 1 aromatic heterocycles. The van der Waals surface area contributed by atoms with Gasteiger partial charge in [0.2, 0.25) is 0 Å². The molecule has 17 heavy (non-hydrogen) atoms. The molecular formula is C12H16N2O2S. The second kappa shape index (κ2) is 4.74. The van der Waals surface area contributed by atoms with Crippen molar-refractivity contribution in [2.75, 3.05) is 11.9 Å². The summed E-state index contributed by atoms with van der Waals surface area (Å²) in [6, 6.07) is 0. The highest BCUT2D eigenvalue weighted by Crippen LogP contribution is 2.29. The predicted molar refractivity (Wildman–Crippen MR) is 66.4 cm³/mol. The molecule has 0 radical (unpaired) electrons. The van der Waals surface area contributed by atoms with Gasteiger partial charge in [-0.25, -0.2) is 4.98 Å². The van der Waals surface area contributed by atoms with Gasteiger partial charge in [0, 0.05) is 11.5 Å². The number of ether oxygens (including phenoxy) is 1. The molecular weight excluding hydrogens is 236 g/mol. The largest absolute Gasteiger partial charge is 0.368 e. The van der Waals surface area contributed by atoms with E-state index in [4.69, 9.17) is 4.74 Å². The maximum atomic E-state index is 11.9. The summed E-state index contributed by atoms with van der Waals surface area (Å²) in [6.07, 6.45) is 6.17. The summed E-state index contributed by atoms with van der Waals surface area (Å²) in [4.78, 5) is 17.7. The van der Waals surface area contributed by atoms with Crippen LogP contribution >= 0.6 is 11.3 Å². The van der Waals surface area contributed by atoms with Crippen molar-refractivity contribution >= 4 is 22.4 Å². The lowest BCUT2D eigenvalue weighted by Gasteiger charge is -2.07. The maximum Gasteiger partial charge on any atom is 0.255 e. The van der Waals surface area contributed by atoms with E-state index in [1.54, 1.807) is 11.3 Å². The highest BCUT2D eigenvalue weighted by molar-refractivity contribution is 7.15. The van der Waals surface area contributed by atoms with Gasteiger partial charge in [0.15, 0.2) is 5.13 Å². The molecule has 2 heterocycles. The van der Waals surface area contributed by atoms with Crippen LogP contribution < -0.4 is 5.32 Å². The Morgan fingerprint density at radius 3 is 3.00 bits per heavy atom. The van der Waals surface area contributed by atoms with Gasteiger partial charge in [-0.05, 0) is 38.5 Å². The molecule has 0 saturated carbocycles. The number of nitrogens with one attached hydrogen (secondary N) is 1. The van der Waals surface area contributed by atoms with Crippen molar-refractivity contribution in [3.8, 4) is 0 Å². The van der Waals surface area contributed by atoms with Crippen molar-refractivity contribution in [2.45, 2.75) is 44.6 Å². The zero-order chi connectivity index (χ0) is 11.7. The quantitative estimate of drug-likeness (QED) is 0.877. The van der Waals surface area contributed by atoms with Crippen LogP contribution in [-0.2, 0) is 22.4 Å². The summed E-state index contributed by atoms with van der Waals surface area (Å²) in [5.41, 5.74) is 1.18. The lowest BCUT2D eigenvalue weighted by Crippen LogP contribution is -2.26. The third-order valence-electron chi connectivity index (χ3n) is 3.30. The first-order valence-electron chi connectivity index (χ1n) is 6.24. The molecule has 0 spiro atoms. The van der Waals surface area contributed by atoms with Crippen LogP contribution in [0.4, 0.5) is 5.13 Å². The van der Waals surface area contributed by atoms with Gasteiger partial charge in [-0.15, -0.1) is 11.3 Å². The van der Waals surface area contributed by atoms with Gasteiger partial charge < -0.3 is 4.74 Å². The smallest absolute Gasteiger partial charge is 0.255 e. The molecule has 1 N–H and O–H groups in total. The topological polar surface area (TPSA) is 51.2 Å². The summed E-state index contributed by atoms with van der Waals surface area (Å²) in [5, 5.41) is 3.63. The first kappa shape index (κ1) is 11.2. The summed E-state index contributed by atoms with van der Waals surface area (Å²) in [6.45, 7) is 0.701. The van der Waals surface area contributed by atoms with E-state index >= 15 is 0 Å². The number of hydrogen-bond donors (Lipinski definition) is 1. The molecule has 0 unspecified atom stereocenters. The van der Waals surface area contributed by atoms with Gasteiger partial charge in [0.1, 0.15) is 6.10 Å². The van der Waals surface area contributed by atoms with Crippen LogP contribution in [0.1, 0.15) is 36.3 Å². The average molecular weight is 252 g/mol. The predicted octanol–water partition coefficient (Wildman–Crippen LogP) is 2.14. The second-order valence-corrected chi connectivity index (χ2v) is 5.67. The van der Waals surface area contributed by atoms with Crippen LogP contribution in [0.2, 0.25) is 0 Å². The van der Waals surface area contributed by atoms with Crippen molar-refractivity contribution in [3.05, 3.63) is 10.6 Å². The highest BCUT2D eigenvalue weighted by atomic mass is 32.1. The minimum atomic E-state index is -0.268. The van der Waals surface area contributed by atoms with Crippen LogP contribution in [0.3, 0.4) is 0 Å². The Bertz CT molecular complexity index is 401. The number of nitrogens with zero attached hydrogens (tertiary/aromatic N) is 1. The molecule has 1 fully saturated rings. The van der Waals surface area contributed by atoms with Crippen molar-refractivity contribution in [2.24, 2.45) is 0 Å². The molecule has 1 aromatic rings. The van der Waals surface area contributed by atoms with E-state index in [0.29, 0.717) is 6.61 Å². The number of anilines is 1. The Balaban J connectivity index is 1.68. The fourth-order valence-electron chi connectivity index (χ4n) is 2.38. The monoisotopic (exact) mass is 252 g/mol. The van der Waals surface area contributed by atoms with E-state index in [-0.39, 0.29) is 12.0 Å². The number of amides is 1. The van der Waals surface area contributed by atoms with Crippen molar-refractivity contribution in [1.29, 1.82) is 0 Å². The minimum absolute atomic E-state index is 0.0337. The summed E-state index contributed by atoms with van der Waals surface area (Å²) < 4.78 is 5.35. The number of aryl methyl sites for hydroxylation is 2. The molecule has 1 amide bonds. The first-order valence-corrected chi connectivity index (χ1v) is 7.05. The fraction of sp³-hybridized carbons (Fsp3) is 0.667. The number of fused-ring (bicyclic) bond motifs is 1. The lowest BCUT2D eigenvalue weighted by molar-refractivity contribution is -0.124. The molecule has 4 nitrogen and oxygen atoms in total. The van der Waals surface area contributed by atoms with E-state index in [9.17, 15) is 4.79 Å². The normalized spacial score (nSPS) is 23.4. The molecule has 0 bridgehead atoms. The zero-order valence-electron chi connectivity index (χ0n) is 9.70. The molecule has 1 aliphatic heterocycles. The number of carbonyl (C=O) groups is 1. The molecule has 0 aromatic carbocycles. The average Bonchev–Trinajstić information content (AvgIpc) is 2.97. The Labute approximate surface area is 104 Å². The van der Waals surface area contributed by atoms with Crippen LogP contribution in [0.15, 0.2) is 0 Å². The van der Waals surface area contributed by atoms with E-state index in [0.717, 1.165) is 30.8 Å². The Morgan fingerprint density at radius 2 is 2.24 bits per heavy atom. The first-order chi connectivity index (χ1) is 8.33. The van der Waals surface area contributed by atoms with Crippen LogP contribution in [0.25, 0.3) is 0 Å². The Morgan fingerprint density at radius 1 is 1.35 bits per heavy atom. The molecule has 3 rings (SSSR count). The van der Waals surface area contributed by atoms with Crippen molar-refractivity contribution in [3.63, 3.8) is 0 Å². The van der Waals surface area contributed by atoms with E-state index < -0.39 is 0 Å². The number of carbonyl (C=O) groups excluding carboxylic acids is 1. The SMILES string of the molecule is O=C(Nc1nc2c(s1)CCCC2)[C@@H]1CCCO1. The minimum Gasteiger partial charge on any atom is -0.368 e. The van der Waals surface area contributed by atoms with E-state index in [1.165, 1.54) is 23.4 Å². The summed E-state index contributed by atoms with van der Waals surface area (Å²) in [5.74, 6) is -0.0337. The third-order valence-corrected chi connectivity index (χ3v) is 4.37. The zero-order valence-corrected chi connectivity index (χ0v) is 10.5. The van der Waals surface area contributed by atoms with Gasteiger partial charge in [-0.1, -0.05) is 0 Å². The molecule has 5 heteroatoms. The molecule has 1 saturated heterocycles. The van der Waals surface area contributed by atoms with Gasteiger partial charge in [0.05, 0.1) is 5.69 Å². The van der Waals surface area contributed by atoms with Crippen LogP contribution in [-0.4, -0.2) is 23.6 Å². The van der Waals surface area contributed by atoms with Gasteiger partial charge in [-0.2, -0.15) is 0 Å². The molecule has 92 valence electrons. The Kier molecular flexibility index (Phi) is 3.11. The number of rotatable bonds is 2. The molecule has 1 aliphatic carbocycles. The number of thiazole rings is 1. The third kappa shape index (κ3) is 2.35. The number of hydrogen-bond acceptors (Lipinski definition) is 4. The summed E-state index contributed by atoms with van der Waals surface area (Å²) >= 11 is 1.62. The van der Waals surface area contributed by atoms with E-state index in [2.05, 4.69) is 10.3 Å².